The first-order chi connectivity index (χ1) is 14.7. The minimum atomic E-state index is -1.00. The molecule has 2 aliphatic heterocycles. The van der Waals surface area contributed by atoms with Gasteiger partial charge in [0.05, 0.1) is 5.92 Å². The maximum Gasteiger partial charge on any atom is 0.308 e. The Bertz CT molecular complexity index is 941. The highest BCUT2D eigenvalue weighted by Gasteiger charge is 2.62. The summed E-state index contributed by atoms with van der Waals surface area (Å²) in [6.07, 6.45) is 3.73. The maximum atomic E-state index is 13.2. The smallest absolute Gasteiger partial charge is 0.308 e. The number of carbonyl (C=O) groups is 3. The summed E-state index contributed by atoms with van der Waals surface area (Å²) in [4.78, 5) is 38.4. The number of carbonyl (C=O) groups excluding carboxylic acids is 2. The average molecular weight is 426 g/mol. The molecule has 31 heavy (non-hydrogen) atoms. The lowest BCUT2D eigenvalue weighted by Gasteiger charge is -2.38. The molecule has 1 saturated carbocycles. The van der Waals surface area contributed by atoms with E-state index in [2.05, 4.69) is 49.5 Å². The van der Waals surface area contributed by atoms with Crippen LogP contribution in [0.3, 0.4) is 0 Å². The minimum absolute atomic E-state index is 0.176. The van der Waals surface area contributed by atoms with Gasteiger partial charge in [-0.2, -0.15) is 0 Å². The van der Waals surface area contributed by atoms with Gasteiger partial charge in [0, 0.05) is 25.6 Å². The van der Waals surface area contributed by atoms with Crippen molar-refractivity contribution in [2.45, 2.75) is 45.1 Å². The van der Waals surface area contributed by atoms with Crippen LogP contribution in [-0.4, -0.2) is 53.5 Å². The Morgan fingerprint density at radius 3 is 2.61 bits per heavy atom. The zero-order chi connectivity index (χ0) is 22.3. The molecule has 4 atom stereocenters. The Morgan fingerprint density at radius 1 is 1.26 bits per heavy atom. The van der Waals surface area contributed by atoms with E-state index >= 15 is 0 Å². The number of amides is 2. The number of nitrogens with zero attached hydrogens (tertiary/aromatic N) is 1. The van der Waals surface area contributed by atoms with Gasteiger partial charge >= 0.3 is 5.97 Å². The number of primary amides is 1. The van der Waals surface area contributed by atoms with Crippen molar-refractivity contribution in [1.29, 1.82) is 0 Å². The predicted octanol–water partition coefficient (Wildman–Crippen LogP) is 1.98. The molecule has 7 nitrogen and oxygen atoms in total. The second kappa shape index (κ2) is 8.11. The molecule has 0 bridgehead atoms. The normalized spacial score (nSPS) is 30.2. The summed E-state index contributed by atoms with van der Waals surface area (Å²) in [7, 11) is 0. The molecular formula is C24H31N3O4. The molecule has 0 aromatic heterocycles. The van der Waals surface area contributed by atoms with Gasteiger partial charge in [0.2, 0.25) is 11.8 Å². The number of piperidine rings is 1. The molecule has 4 rings (SSSR count). The highest BCUT2D eigenvalue weighted by atomic mass is 16.4. The summed E-state index contributed by atoms with van der Waals surface area (Å²) in [5.41, 5.74) is 8.72. The fourth-order valence-electron chi connectivity index (χ4n) is 5.17. The lowest BCUT2D eigenvalue weighted by molar-refractivity contribution is -0.150. The largest absolute Gasteiger partial charge is 0.481 e. The van der Waals surface area contributed by atoms with Gasteiger partial charge in [-0.05, 0) is 47.3 Å². The van der Waals surface area contributed by atoms with E-state index < -0.39 is 23.3 Å². The number of hydrogen-bond donors (Lipinski definition) is 3. The molecule has 2 heterocycles. The van der Waals surface area contributed by atoms with Crippen LogP contribution in [0.2, 0.25) is 0 Å². The lowest BCUT2D eigenvalue weighted by Crippen LogP contribution is -2.58. The topological polar surface area (TPSA) is 113 Å². The molecule has 166 valence electrons. The van der Waals surface area contributed by atoms with Crippen LogP contribution in [0.25, 0.3) is 5.57 Å². The van der Waals surface area contributed by atoms with Crippen molar-refractivity contribution in [3.05, 3.63) is 41.5 Å². The van der Waals surface area contributed by atoms with Gasteiger partial charge in [0.1, 0.15) is 6.04 Å². The number of hydrogen-bond acceptors (Lipinski definition) is 4. The third kappa shape index (κ3) is 4.11. The first kappa shape index (κ1) is 21.6. The first-order valence-electron chi connectivity index (χ1n) is 11.1. The summed E-state index contributed by atoms with van der Waals surface area (Å²) < 4.78 is 0. The highest BCUT2D eigenvalue weighted by Crippen LogP contribution is 2.58. The number of nitrogens with two attached hydrogens (primary N) is 1. The van der Waals surface area contributed by atoms with Crippen LogP contribution in [0.4, 0.5) is 0 Å². The fraction of sp³-hybridized carbons (Fsp3) is 0.542. The first-order valence-corrected chi connectivity index (χ1v) is 11.1. The van der Waals surface area contributed by atoms with E-state index in [1.165, 1.54) is 16.7 Å². The second-order valence-electron chi connectivity index (χ2n) is 9.57. The highest BCUT2D eigenvalue weighted by molar-refractivity contribution is 5.89. The van der Waals surface area contributed by atoms with Crippen LogP contribution in [0, 0.1) is 17.3 Å². The third-order valence-electron chi connectivity index (χ3n) is 7.26. The molecule has 1 spiro atoms. The Balaban J connectivity index is 1.44. The molecule has 2 amide bonds. The van der Waals surface area contributed by atoms with Crippen molar-refractivity contribution in [2.75, 3.05) is 19.6 Å². The van der Waals surface area contributed by atoms with Crippen LogP contribution in [-0.2, 0) is 14.4 Å². The van der Waals surface area contributed by atoms with Crippen LogP contribution in [0.1, 0.15) is 50.2 Å². The number of rotatable bonds is 5. The summed E-state index contributed by atoms with van der Waals surface area (Å²) in [6, 6.07) is 7.74. The van der Waals surface area contributed by atoms with E-state index in [-0.39, 0.29) is 17.7 Å². The molecule has 7 heteroatoms. The Kier molecular flexibility index (Phi) is 5.64. The molecule has 0 radical (unpaired) electrons. The molecule has 1 aromatic carbocycles. The van der Waals surface area contributed by atoms with Crippen LogP contribution >= 0.6 is 0 Å². The van der Waals surface area contributed by atoms with Gasteiger partial charge in [-0.1, -0.05) is 44.2 Å². The van der Waals surface area contributed by atoms with Crippen molar-refractivity contribution in [3.63, 3.8) is 0 Å². The monoisotopic (exact) mass is 425 g/mol. The van der Waals surface area contributed by atoms with Crippen molar-refractivity contribution < 1.29 is 19.5 Å². The zero-order valence-corrected chi connectivity index (χ0v) is 18.1. The zero-order valence-electron chi connectivity index (χ0n) is 18.1. The van der Waals surface area contributed by atoms with Crippen molar-refractivity contribution >= 4 is 23.4 Å². The number of carboxylic acid groups (broad SMARTS) is 1. The Morgan fingerprint density at radius 2 is 2.03 bits per heavy atom. The molecule has 1 aliphatic carbocycles. The summed E-state index contributed by atoms with van der Waals surface area (Å²) in [5, 5.41) is 12.9. The van der Waals surface area contributed by atoms with Gasteiger partial charge < -0.3 is 21.1 Å². The second-order valence-corrected chi connectivity index (χ2v) is 9.57. The number of carboxylic acids is 1. The van der Waals surface area contributed by atoms with E-state index in [0.29, 0.717) is 38.4 Å². The lowest BCUT2D eigenvalue weighted by atomic mass is 9.80. The molecule has 1 aromatic rings. The van der Waals surface area contributed by atoms with Gasteiger partial charge in [-0.25, -0.2) is 0 Å². The molecule has 3 aliphatic rings. The number of nitrogens with one attached hydrogen (secondary N) is 1. The summed E-state index contributed by atoms with van der Waals surface area (Å²) >= 11 is 0. The van der Waals surface area contributed by atoms with Crippen LogP contribution in [0.5, 0.6) is 0 Å². The average Bonchev–Trinajstić information content (AvgIpc) is 3.47. The predicted molar refractivity (Wildman–Crippen MR) is 117 cm³/mol. The number of benzene rings is 1. The minimum Gasteiger partial charge on any atom is -0.481 e. The third-order valence-corrected chi connectivity index (χ3v) is 7.26. The fourth-order valence-corrected chi connectivity index (χ4v) is 5.17. The number of aliphatic carboxylic acids is 1. The van der Waals surface area contributed by atoms with Crippen LogP contribution < -0.4 is 11.1 Å². The SMILES string of the molecule is CC(C)c1cccc(C2=CCN(C(=O)C3NCC4(CC3C(=O)O)CC4C(N)=O)CC2)c1. The standard InChI is InChI=1S/C24H31N3O4/c1-14(2)16-4-3-5-17(10-16)15-6-8-27(9-7-15)22(29)20-18(23(30)31)11-24(13-26-20)12-19(24)21(25)28/h3-6,10,14,18-20,26H,7-9,11-13H2,1-2H3,(H2,25,28)(H,30,31). The van der Waals surface area contributed by atoms with Gasteiger partial charge in [-0.3, -0.25) is 14.4 Å². The maximum absolute atomic E-state index is 13.2. The molecule has 2 fully saturated rings. The van der Waals surface area contributed by atoms with Crippen molar-refractivity contribution in [3.8, 4) is 0 Å². The van der Waals surface area contributed by atoms with Gasteiger partial charge in [0.15, 0.2) is 0 Å². The van der Waals surface area contributed by atoms with Crippen LogP contribution in [0.15, 0.2) is 30.3 Å². The van der Waals surface area contributed by atoms with E-state index in [9.17, 15) is 19.5 Å². The van der Waals surface area contributed by atoms with Crippen molar-refractivity contribution in [2.24, 2.45) is 23.0 Å². The van der Waals surface area contributed by atoms with Gasteiger partial charge in [-0.15, -0.1) is 0 Å². The Hall–Kier alpha value is -2.67. The van der Waals surface area contributed by atoms with E-state index in [0.717, 1.165) is 6.42 Å². The quantitative estimate of drug-likeness (QED) is 0.668. The van der Waals surface area contributed by atoms with E-state index in [4.69, 9.17) is 5.73 Å². The summed E-state index contributed by atoms with van der Waals surface area (Å²) in [5.74, 6) is -2.25. The molecule has 4 unspecified atom stereocenters. The molecule has 1 saturated heterocycles. The van der Waals surface area contributed by atoms with E-state index in [1.54, 1.807) is 4.90 Å². The molecule has 4 N–H and O–H groups in total. The van der Waals surface area contributed by atoms with E-state index in [1.807, 2.05) is 0 Å². The molecular weight excluding hydrogens is 394 g/mol. The van der Waals surface area contributed by atoms with Crippen molar-refractivity contribution in [1.82, 2.24) is 10.2 Å². The Labute approximate surface area is 182 Å². The summed E-state index contributed by atoms with van der Waals surface area (Å²) in [6.45, 7) is 5.83. The van der Waals surface area contributed by atoms with Gasteiger partial charge in [0.25, 0.3) is 0 Å².